The fraction of sp³-hybridized carbons (Fsp3) is 0.143. The second-order valence-electron chi connectivity index (χ2n) is 1.80. The number of aryl methyl sites for hydroxylation is 1. The highest BCUT2D eigenvalue weighted by Crippen LogP contribution is 2.13. The van der Waals surface area contributed by atoms with Gasteiger partial charge < -0.3 is 0 Å². The maximum absolute atomic E-state index is 12.3. The molecule has 1 rings (SSSR count). The zero-order valence-corrected chi connectivity index (χ0v) is 5.67. The average molecular weight is 144 g/mol. The maximum atomic E-state index is 12.3. The molecule has 0 bridgehead atoms. The van der Waals surface area contributed by atoms with E-state index in [1.54, 1.807) is 6.07 Å². The number of benzene rings is 1. The second kappa shape index (κ2) is 2.36. The standard InChI is InChI=1S/C7H5ClF/c1-5-2-3-7(9)6(8)4-5/h2-3H,1H3. The lowest BCUT2D eigenvalue weighted by Crippen LogP contribution is -1.77. The molecule has 0 nitrogen and oxygen atoms in total. The van der Waals surface area contributed by atoms with Crippen LogP contribution in [0.1, 0.15) is 5.56 Å². The van der Waals surface area contributed by atoms with Crippen molar-refractivity contribution in [3.8, 4) is 0 Å². The minimum Gasteiger partial charge on any atom is -0.205 e. The van der Waals surface area contributed by atoms with Crippen molar-refractivity contribution in [3.05, 3.63) is 34.6 Å². The summed E-state index contributed by atoms with van der Waals surface area (Å²) in [6.45, 7) is 1.81. The van der Waals surface area contributed by atoms with Crippen molar-refractivity contribution in [1.29, 1.82) is 0 Å². The first-order valence-electron chi connectivity index (χ1n) is 2.54. The van der Waals surface area contributed by atoms with Gasteiger partial charge in [0.1, 0.15) is 5.82 Å². The third-order valence-corrected chi connectivity index (χ3v) is 1.27. The molecule has 1 aromatic carbocycles. The number of hydrogen-bond acceptors (Lipinski definition) is 0. The lowest BCUT2D eigenvalue weighted by molar-refractivity contribution is 0.627. The predicted molar refractivity (Wildman–Crippen MR) is 35.0 cm³/mol. The van der Waals surface area contributed by atoms with Crippen molar-refractivity contribution in [2.75, 3.05) is 0 Å². The molecule has 0 heterocycles. The van der Waals surface area contributed by atoms with Gasteiger partial charge in [-0.3, -0.25) is 0 Å². The summed E-state index contributed by atoms with van der Waals surface area (Å²) in [4.78, 5) is 0. The molecule has 0 saturated heterocycles. The molecule has 1 radical (unpaired) electrons. The monoisotopic (exact) mass is 143 g/mol. The Morgan fingerprint density at radius 2 is 2.22 bits per heavy atom. The summed E-state index contributed by atoms with van der Waals surface area (Å²) in [7, 11) is 0. The molecule has 0 saturated carbocycles. The third kappa shape index (κ3) is 1.42. The van der Waals surface area contributed by atoms with E-state index >= 15 is 0 Å². The Morgan fingerprint density at radius 1 is 1.56 bits per heavy atom. The molecular formula is C7H5ClF. The van der Waals surface area contributed by atoms with Crippen LogP contribution in [0.15, 0.2) is 12.1 Å². The molecule has 0 atom stereocenters. The zero-order valence-electron chi connectivity index (χ0n) is 4.91. The van der Waals surface area contributed by atoms with Crippen molar-refractivity contribution < 1.29 is 4.39 Å². The lowest BCUT2D eigenvalue weighted by atomic mass is 10.2. The SMILES string of the molecule is Cc1[c]c(Cl)c(F)cc1. The predicted octanol–water partition coefficient (Wildman–Crippen LogP) is 2.59. The first kappa shape index (κ1) is 6.56. The summed E-state index contributed by atoms with van der Waals surface area (Å²) in [5.74, 6) is -0.415. The molecule has 0 aliphatic rings. The second-order valence-corrected chi connectivity index (χ2v) is 2.18. The average Bonchev–Trinajstić information content (AvgIpc) is 1.80. The lowest BCUT2D eigenvalue weighted by Gasteiger charge is -1.92. The summed E-state index contributed by atoms with van der Waals surface area (Å²) < 4.78 is 12.3. The topological polar surface area (TPSA) is 0 Å². The van der Waals surface area contributed by atoms with E-state index in [1.807, 2.05) is 6.92 Å². The van der Waals surface area contributed by atoms with Crippen molar-refractivity contribution in [1.82, 2.24) is 0 Å². The van der Waals surface area contributed by atoms with Crippen LogP contribution in [0.4, 0.5) is 4.39 Å². The molecule has 0 aliphatic carbocycles. The number of hydrogen-bond donors (Lipinski definition) is 0. The van der Waals surface area contributed by atoms with Crippen molar-refractivity contribution in [3.63, 3.8) is 0 Å². The van der Waals surface area contributed by atoms with Gasteiger partial charge >= 0.3 is 0 Å². The van der Waals surface area contributed by atoms with Crippen LogP contribution in [0.2, 0.25) is 5.02 Å². The molecule has 0 fully saturated rings. The summed E-state index contributed by atoms with van der Waals surface area (Å²) in [6.07, 6.45) is 0. The molecule has 0 aromatic heterocycles. The van der Waals surface area contributed by atoms with Gasteiger partial charge in [0.2, 0.25) is 0 Å². The largest absolute Gasteiger partial charge is 0.205 e. The molecule has 0 aliphatic heterocycles. The number of rotatable bonds is 0. The van der Waals surface area contributed by atoms with Crippen LogP contribution in [-0.4, -0.2) is 0 Å². The molecule has 2 heteroatoms. The molecule has 0 spiro atoms. The van der Waals surface area contributed by atoms with E-state index in [4.69, 9.17) is 11.6 Å². The summed E-state index contributed by atoms with van der Waals surface area (Å²) >= 11 is 5.38. The van der Waals surface area contributed by atoms with Crippen molar-refractivity contribution in [2.45, 2.75) is 6.92 Å². The van der Waals surface area contributed by atoms with Gasteiger partial charge in [-0.05, 0) is 18.6 Å². The van der Waals surface area contributed by atoms with Crippen LogP contribution in [0, 0.1) is 18.8 Å². The Labute approximate surface area is 58.3 Å². The molecular weight excluding hydrogens is 139 g/mol. The molecule has 9 heavy (non-hydrogen) atoms. The van der Waals surface area contributed by atoms with Crippen LogP contribution in [0.3, 0.4) is 0 Å². The van der Waals surface area contributed by atoms with E-state index in [1.165, 1.54) is 6.07 Å². The van der Waals surface area contributed by atoms with Gasteiger partial charge in [0.25, 0.3) is 0 Å². The first-order chi connectivity index (χ1) is 4.20. The van der Waals surface area contributed by atoms with E-state index < -0.39 is 5.82 Å². The Bertz CT molecular complexity index is 220. The summed E-state index contributed by atoms with van der Waals surface area (Å²) in [5, 5.41) is 0.0648. The number of halogens is 2. The molecule has 0 N–H and O–H groups in total. The first-order valence-corrected chi connectivity index (χ1v) is 2.92. The van der Waals surface area contributed by atoms with E-state index in [9.17, 15) is 4.39 Å². The van der Waals surface area contributed by atoms with Gasteiger partial charge in [-0.1, -0.05) is 17.7 Å². The third-order valence-electron chi connectivity index (χ3n) is 0.996. The van der Waals surface area contributed by atoms with Crippen LogP contribution >= 0.6 is 11.6 Å². The van der Waals surface area contributed by atoms with E-state index in [0.717, 1.165) is 5.56 Å². The van der Waals surface area contributed by atoms with E-state index in [0.29, 0.717) is 0 Å². The van der Waals surface area contributed by atoms with Crippen LogP contribution in [-0.2, 0) is 0 Å². The quantitative estimate of drug-likeness (QED) is 0.524. The summed E-state index contributed by atoms with van der Waals surface area (Å²) in [5.41, 5.74) is 0.849. The van der Waals surface area contributed by atoms with Crippen LogP contribution in [0.5, 0.6) is 0 Å². The Kier molecular flexibility index (Phi) is 1.72. The fourth-order valence-corrected chi connectivity index (χ4v) is 0.758. The van der Waals surface area contributed by atoms with E-state index in [-0.39, 0.29) is 5.02 Å². The highest BCUT2D eigenvalue weighted by Gasteiger charge is 1.96. The Balaban J connectivity index is 3.17. The summed E-state index contributed by atoms with van der Waals surface area (Å²) in [6, 6.07) is 5.58. The van der Waals surface area contributed by atoms with Gasteiger partial charge in [0.15, 0.2) is 0 Å². The Morgan fingerprint density at radius 3 is 2.67 bits per heavy atom. The van der Waals surface area contributed by atoms with Gasteiger partial charge in [0, 0.05) is 6.07 Å². The van der Waals surface area contributed by atoms with Crippen LogP contribution < -0.4 is 0 Å². The molecule has 47 valence electrons. The highest BCUT2D eigenvalue weighted by atomic mass is 35.5. The van der Waals surface area contributed by atoms with Gasteiger partial charge in [-0.2, -0.15) is 0 Å². The smallest absolute Gasteiger partial charge is 0.142 e. The van der Waals surface area contributed by atoms with Gasteiger partial charge in [-0.25, -0.2) is 4.39 Å². The zero-order chi connectivity index (χ0) is 6.85. The molecule has 1 aromatic rings. The fourth-order valence-electron chi connectivity index (χ4n) is 0.546. The molecule has 0 unspecified atom stereocenters. The minimum absolute atomic E-state index is 0.0648. The van der Waals surface area contributed by atoms with Crippen molar-refractivity contribution in [2.24, 2.45) is 0 Å². The highest BCUT2D eigenvalue weighted by molar-refractivity contribution is 6.30. The van der Waals surface area contributed by atoms with Gasteiger partial charge in [0.05, 0.1) is 5.02 Å². The normalized spacial score (nSPS) is 9.67. The van der Waals surface area contributed by atoms with Crippen LogP contribution in [0.25, 0.3) is 0 Å². The van der Waals surface area contributed by atoms with E-state index in [2.05, 4.69) is 6.07 Å². The molecule has 0 amide bonds. The van der Waals surface area contributed by atoms with Crippen molar-refractivity contribution >= 4 is 11.6 Å². The maximum Gasteiger partial charge on any atom is 0.142 e. The Hall–Kier alpha value is -0.560. The minimum atomic E-state index is -0.415. The van der Waals surface area contributed by atoms with Gasteiger partial charge in [-0.15, -0.1) is 0 Å².